The molecule has 0 bridgehead atoms. The zero-order chi connectivity index (χ0) is 28.2. The van der Waals surface area contributed by atoms with Crippen molar-refractivity contribution >= 4 is 27.9 Å². The first-order chi connectivity index (χ1) is 18.6. The summed E-state index contributed by atoms with van der Waals surface area (Å²) in [7, 11) is -1.39. The lowest BCUT2D eigenvalue weighted by Crippen LogP contribution is -2.33. The Morgan fingerprint density at radius 3 is 2.64 bits per heavy atom. The summed E-state index contributed by atoms with van der Waals surface area (Å²) in [4.78, 5) is 16.1. The summed E-state index contributed by atoms with van der Waals surface area (Å²) in [5, 5.41) is 0.724. The highest BCUT2D eigenvalue weighted by Gasteiger charge is 2.21. The third kappa shape index (κ3) is 6.88. The second kappa shape index (κ2) is 12.0. The van der Waals surface area contributed by atoms with Crippen LogP contribution < -0.4 is 9.46 Å². The fourth-order valence-corrected chi connectivity index (χ4v) is 4.63. The van der Waals surface area contributed by atoms with E-state index in [0.717, 1.165) is 5.39 Å². The van der Waals surface area contributed by atoms with Gasteiger partial charge in [0.25, 0.3) is 0 Å². The smallest absolute Gasteiger partial charge is 0.310 e. The number of furan rings is 1. The summed E-state index contributed by atoms with van der Waals surface area (Å²) in [6, 6.07) is 10.8. The van der Waals surface area contributed by atoms with E-state index in [1.54, 1.807) is 25.1 Å². The molecule has 7 nitrogen and oxygen atoms in total. The van der Waals surface area contributed by atoms with Gasteiger partial charge >= 0.3 is 5.97 Å². The number of carbonyl (C=O) groups excluding carboxylic acids is 1. The Hall–Kier alpha value is -3.63. The second-order valence-electron chi connectivity index (χ2n) is 9.83. The van der Waals surface area contributed by atoms with Crippen LogP contribution in [0.25, 0.3) is 22.1 Å². The van der Waals surface area contributed by atoms with E-state index in [1.165, 1.54) is 30.7 Å². The van der Waals surface area contributed by atoms with Crippen molar-refractivity contribution in [2.45, 2.75) is 52.0 Å². The highest BCUT2D eigenvalue weighted by atomic mass is 32.2. The Kier molecular flexibility index (Phi) is 8.76. The number of pyridine rings is 1. The van der Waals surface area contributed by atoms with Crippen molar-refractivity contribution in [1.82, 2.24) is 9.71 Å². The SMILES string of the molecule is CCOC(=O)Cc1ccc(F)cc1OCc1cc(-c2ccnc(CNS(=O)C(C)(C)C)c2F)c2occc2c1. The lowest BCUT2D eigenvalue weighted by Gasteiger charge is -2.18. The minimum Gasteiger partial charge on any atom is -0.488 e. The number of esters is 1. The number of ether oxygens (including phenoxy) is 2. The Morgan fingerprint density at radius 2 is 1.90 bits per heavy atom. The summed E-state index contributed by atoms with van der Waals surface area (Å²) in [5.74, 6) is -1.29. The minimum absolute atomic E-state index is 0.0174. The third-order valence-corrected chi connectivity index (χ3v) is 7.37. The van der Waals surface area contributed by atoms with Crippen molar-refractivity contribution in [3.8, 4) is 16.9 Å². The van der Waals surface area contributed by atoms with E-state index in [2.05, 4.69) is 9.71 Å². The van der Waals surface area contributed by atoms with Crippen LogP contribution >= 0.6 is 0 Å². The number of aromatic nitrogens is 1. The maximum Gasteiger partial charge on any atom is 0.310 e. The number of rotatable bonds is 10. The fraction of sp³-hybridized carbons (Fsp3) is 0.310. The van der Waals surface area contributed by atoms with Crippen LogP contribution in [0, 0.1) is 11.6 Å². The topological polar surface area (TPSA) is 90.7 Å². The molecule has 0 aliphatic carbocycles. The first-order valence-electron chi connectivity index (χ1n) is 12.4. The zero-order valence-electron chi connectivity index (χ0n) is 22.2. The van der Waals surface area contributed by atoms with E-state index in [-0.39, 0.29) is 43.2 Å². The van der Waals surface area contributed by atoms with Crippen LogP contribution in [0.3, 0.4) is 0 Å². The van der Waals surface area contributed by atoms with Gasteiger partial charge in [0.05, 0.1) is 47.3 Å². The molecule has 2 aromatic carbocycles. The summed E-state index contributed by atoms with van der Waals surface area (Å²) >= 11 is 0. The number of carbonyl (C=O) groups is 1. The molecule has 4 rings (SSSR count). The molecule has 10 heteroatoms. The molecule has 0 amide bonds. The van der Waals surface area contributed by atoms with E-state index in [0.29, 0.717) is 22.3 Å². The summed E-state index contributed by atoms with van der Waals surface area (Å²) in [6.07, 6.45) is 2.94. The van der Waals surface area contributed by atoms with Gasteiger partial charge in [-0.05, 0) is 63.6 Å². The molecule has 39 heavy (non-hydrogen) atoms. The van der Waals surface area contributed by atoms with Gasteiger partial charge in [-0.15, -0.1) is 0 Å². The predicted molar refractivity (Wildman–Crippen MR) is 145 cm³/mol. The van der Waals surface area contributed by atoms with Crippen LogP contribution in [0.2, 0.25) is 0 Å². The number of hydrogen-bond donors (Lipinski definition) is 1. The number of fused-ring (bicyclic) bond motifs is 1. The quantitative estimate of drug-likeness (QED) is 0.241. The van der Waals surface area contributed by atoms with Crippen molar-refractivity contribution in [2.75, 3.05) is 6.61 Å². The van der Waals surface area contributed by atoms with Gasteiger partial charge in [-0.25, -0.2) is 17.7 Å². The standard InChI is InChI=1S/C29H30F2N2O5S/c1-5-36-26(34)14-19-6-7-21(30)15-25(19)38-17-18-12-20-9-11-37-28(20)23(13-18)22-8-10-32-24(27(22)31)16-33-39(35)29(2,3)4/h6-13,15,33H,5,14,16-17H2,1-4H3. The molecular formula is C29H30F2N2O5S. The van der Waals surface area contributed by atoms with Gasteiger partial charge in [0, 0.05) is 34.3 Å². The van der Waals surface area contributed by atoms with Gasteiger partial charge in [0.2, 0.25) is 0 Å². The molecule has 2 heterocycles. The van der Waals surface area contributed by atoms with Gasteiger partial charge in [-0.3, -0.25) is 9.78 Å². The van der Waals surface area contributed by atoms with E-state index >= 15 is 4.39 Å². The number of halogens is 2. The van der Waals surface area contributed by atoms with Gasteiger partial charge in [0.15, 0.2) is 5.82 Å². The molecule has 0 saturated heterocycles. The maximum atomic E-state index is 15.6. The lowest BCUT2D eigenvalue weighted by atomic mass is 10.00. The van der Waals surface area contributed by atoms with Gasteiger partial charge in [0.1, 0.15) is 23.8 Å². The Bertz CT molecular complexity index is 1510. The summed E-state index contributed by atoms with van der Waals surface area (Å²) in [6.45, 7) is 7.42. The minimum atomic E-state index is -1.39. The maximum absolute atomic E-state index is 15.6. The van der Waals surface area contributed by atoms with Crippen molar-refractivity contribution in [1.29, 1.82) is 0 Å². The van der Waals surface area contributed by atoms with Crippen LogP contribution in [-0.2, 0) is 40.1 Å². The Labute approximate surface area is 228 Å². The summed E-state index contributed by atoms with van der Waals surface area (Å²) in [5.41, 5.74) is 2.52. The molecular weight excluding hydrogens is 526 g/mol. The molecule has 1 unspecified atom stereocenters. The number of nitrogens with one attached hydrogen (secondary N) is 1. The molecule has 1 atom stereocenters. The zero-order valence-corrected chi connectivity index (χ0v) is 23.0. The average Bonchev–Trinajstić information content (AvgIpc) is 3.36. The first-order valence-corrected chi connectivity index (χ1v) is 13.6. The normalized spacial score (nSPS) is 12.5. The van der Waals surface area contributed by atoms with Crippen LogP contribution in [0.5, 0.6) is 5.75 Å². The van der Waals surface area contributed by atoms with Gasteiger partial charge in [-0.1, -0.05) is 6.07 Å². The number of benzene rings is 2. The van der Waals surface area contributed by atoms with E-state index in [1.807, 2.05) is 26.8 Å². The average molecular weight is 557 g/mol. The third-order valence-electron chi connectivity index (χ3n) is 5.85. The molecule has 0 aliphatic rings. The molecule has 0 fully saturated rings. The van der Waals surface area contributed by atoms with Gasteiger partial charge in [-0.2, -0.15) is 0 Å². The molecule has 206 valence electrons. The Balaban J connectivity index is 1.63. The molecule has 0 radical (unpaired) electrons. The van der Waals surface area contributed by atoms with Crippen LogP contribution in [-0.4, -0.2) is 26.5 Å². The molecule has 1 N–H and O–H groups in total. The predicted octanol–water partition coefficient (Wildman–Crippen LogP) is 6.01. The highest BCUT2D eigenvalue weighted by Crippen LogP contribution is 2.34. The van der Waals surface area contributed by atoms with Crippen LogP contribution in [0.4, 0.5) is 8.78 Å². The van der Waals surface area contributed by atoms with Crippen molar-refractivity contribution in [3.05, 3.63) is 83.4 Å². The lowest BCUT2D eigenvalue weighted by molar-refractivity contribution is -0.142. The van der Waals surface area contributed by atoms with Crippen LogP contribution in [0.1, 0.15) is 44.5 Å². The Morgan fingerprint density at radius 1 is 1.10 bits per heavy atom. The highest BCUT2D eigenvalue weighted by molar-refractivity contribution is 7.84. The fourth-order valence-electron chi connectivity index (χ4n) is 3.93. The van der Waals surface area contributed by atoms with Gasteiger partial charge < -0.3 is 13.9 Å². The molecule has 0 saturated carbocycles. The molecule has 0 aliphatic heterocycles. The number of nitrogens with zero attached hydrogens (tertiary/aromatic N) is 1. The summed E-state index contributed by atoms with van der Waals surface area (Å²) < 4.78 is 60.9. The molecule has 4 aromatic rings. The first kappa shape index (κ1) is 28.4. The van der Waals surface area contributed by atoms with E-state index in [4.69, 9.17) is 13.9 Å². The molecule has 0 spiro atoms. The van der Waals surface area contributed by atoms with Crippen LogP contribution in [0.15, 0.2) is 59.3 Å². The monoisotopic (exact) mass is 556 g/mol. The van der Waals surface area contributed by atoms with E-state index < -0.39 is 33.3 Å². The second-order valence-corrected chi connectivity index (χ2v) is 11.9. The van der Waals surface area contributed by atoms with Crippen molar-refractivity contribution in [3.63, 3.8) is 0 Å². The van der Waals surface area contributed by atoms with Crippen molar-refractivity contribution < 1.29 is 31.7 Å². The largest absolute Gasteiger partial charge is 0.488 e. The number of hydrogen-bond acceptors (Lipinski definition) is 6. The molecule has 2 aromatic heterocycles. The van der Waals surface area contributed by atoms with Crippen molar-refractivity contribution in [2.24, 2.45) is 0 Å². The van der Waals surface area contributed by atoms with E-state index in [9.17, 15) is 13.4 Å².